The lowest BCUT2D eigenvalue weighted by molar-refractivity contribution is -0.131. The minimum atomic E-state index is -0.401. The normalized spacial score (nSPS) is 13.5. The molecule has 1 fully saturated rings. The van der Waals surface area contributed by atoms with Gasteiger partial charge < -0.3 is 15.1 Å². The highest BCUT2D eigenvalue weighted by Gasteiger charge is 2.24. The van der Waals surface area contributed by atoms with Gasteiger partial charge in [0.05, 0.1) is 17.6 Å². The molecule has 10 heteroatoms. The van der Waals surface area contributed by atoms with Crippen LogP contribution in [-0.4, -0.2) is 59.2 Å². The predicted octanol–water partition coefficient (Wildman–Crippen LogP) is 2.88. The van der Waals surface area contributed by atoms with Crippen molar-refractivity contribution in [2.75, 3.05) is 37.6 Å². The molecule has 182 valence electrons. The maximum absolute atomic E-state index is 13.0. The number of carbonyl (C=O) groups excluding carboxylic acids is 2. The number of nitrogens with one attached hydrogen (secondary N) is 1. The summed E-state index contributed by atoms with van der Waals surface area (Å²) >= 11 is 6.39. The Labute approximate surface area is 206 Å². The van der Waals surface area contributed by atoms with Gasteiger partial charge in [-0.1, -0.05) is 29.8 Å². The largest absolute Gasteiger partial charge is 0.365 e. The summed E-state index contributed by atoms with van der Waals surface area (Å²) in [5.74, 6) is -0.697. The van der Waals surface area contributed by atoms with Crippen molar-refractivity contribution in [3.63, 3.8) is 0 Å². The van der Waals surface area contributed by atoms with Crippen LogP contribution in [0.3, 0.4) is 0 Å². The Morgan fingerprint density at radius 2 is 1.69 bits per heavy atom. The van der Waals surface area contributed by atoms with Gasteiger partial charge in [0.25, 0.3) is 11.5 Å². The first-order chi connectivity index (χ1) is 16.9. The summed E-state index contributed by atoms with van der Waals surface area (Å²) in [4.78, 5) is 41.1. The van der Waals surface area contributed by atoms with E-state index in [-0.39, 0.29) is 16.8 Å². The number of amides is 2. The third-order valence-electron chi connectivity index (χ3n) is 5.83. The average molecular weight is 498 g/mol. The summed E-state index contributed by atoms with van der Waals surface area (Å²) < 4.78 is 14.2. The number of benzene rings is 2. The van der Waals surface area contributed by atoms with Gasteiger partial charge in [-0.05, 0) is 42.8 Å². The van der Waals surface area contributed by atoms with Crippen molar-refractivity contribution in [2.24, 2.45) is 0 Å². The molecule has 0 atom stereocenters. The number of nitrogens with zero attached hydrogens (tertiary/aromatic N) is 4. The molecule has 1 saturated heterocycles. The summed E-state index contributed by atoms with van der Waals surface area (Å²) in [6.45, 7) is 2.41. The Bertz CT molecular complexity index is 1240. The smallest absolute Gasteiger partial charge is 0.292 e. The molecule has 0 bridgehead atoms. The summed E-state index contributed by atoms with van der Waals surface area (Å²) in [6, 6.07) is 14.4. The highest BCUT2D eigenvalue weighted by atomic mass is 35.5. The van der Waals surface area contributed by atoms with Crippen molar-refractivity contribution < 1.29 is 14.0 Å². The van der Waals surface area contributed by atoms with E-state index in [1.807, 2.05) is 23.1 Å². The third kappa shape index (κ3) is 5.86. The first-order valence-electron chi connectivity index (χ1n) is 11.3. The van der Waals surface area contributed by atoms with Gasteiger partial charge in [-0.15, -0.1) is 0 Å². The van der Waals surface area contributed by atoms with E-state index in [4.69, 9.17) is 11.6 Å². The number of para-hydroxylation sites is 1. The minimum Gasteiger partial charge on any atom is -0.365 e. The van der Waals surface area contributed by atoms with E-state index < -0.39 is 11.4 Å². The maximum Gasteiger partial charge on any atom is 0.292 e. The average Bonchev–Trinajstić information content (AvgIpc) is 2.89. The van der Waals surface area contributed by atoms with Crippen LogP contribution in [0.5, 0.6) is 0 Å². The van der Waals surface area contributed by atoms with Crippen LogP contribution in [0, 0.1) is 5.82 Å². The quantitative estimate of drug-likeness (QED) is 0.507. The number of hydrogen-bond acceptors (Lipinski definition) is 5. The number of hydrogen-bond donors (Lipinski definition) is 1. The molecule has 1 N–H and O–H groups in total. The van der Waals surface area contributed by atoms with Crippen LogP contribution < -0.4 is 15.8 Å². The van der Waals surface area contributed by atoms with Crippen molar-refractivity contribution in [1.29, 1.82) is 0 Å². The topological polar surface area (TPSA) is 87.5 Å². The molecule has 4 rings (SSSR count). The monoisotopic (exact) mass is 497 g/mol. The lowest BCUT2D eigenvalue weighted by Gasteiger charge is -2.36. The molecular formula is C25H25ClFN5O3. The van der Waals surface area contributed by atoms with Gasteiger partial charge in [0, 0.05) is 44.7 Å². The molecule has 1 aliphatic heterocycles. The molecule has 8 nitrogen and oxygen atoms in total. The van der Waals surface area contributed by atoms with E-state index in [2.05, 4.69) is 10.4 Å². The van der Waals surface area contributed by atoms with Crippen LogP contribution in [-0.2, 0) is 4.79 Å². The molecule has 2 aromatic carbocycles. The fourth-order valence-electron chi connectivity index (χ4n) is 3.90. The standard InChI is InChI=1S/C25H25ClFN5O3/c26-23-21(17-29-32(25(23)35)20-5-2-1-3-6-20)30-13-15-31(16-14-30)22(33)7-4-12-28-24(34)18-8-10-19(27)11-9-18/h1-3,5-6,8-11,17H,4,7,12-16H2,(H,28,34). The molecule has 0 unspecified atom stereocenters. The zero-order valence-electron chi connectivity index (χ0n) is 19.0. The molecule has 0 saturated carbocycles. The van der Waals surface area contributed by atoms with Crippen LogP contribution >= 0.6 is 11.6 Å². The summed E-state index contributed by atoms with van der Waals surface area (Å²) in [7, 11) is 0. The summed E-state index contributed by atoms with van der Waals surface area (Å²) in [5.41, 5.74) is 1.17. The van der Waals surface area contributed by atoms with Gasteiger partial charge in [0.15, 0.2) is 0 Å². The Morgan fingerprint density at radius 1 is 1.00 bits per heavy atom. The van der Waals surface area contributed by atoms with Crippen molar-refractivity contribution in [2.45, 2.75) is 12.8 Å². The highest BCUT2D eigenvalue weighted by molar-refractivity contribution is 6.33. The van der Waals surface area contributed by atoms with E-state index >= 15 is 0 Å². The second-order valence-electron chi connectivity index (χ2n) is 8.13. The van der Waals surface area contributed by atoms with Gasteiger partial charge in [-0.3, -0.25) is 14.4 Å². The molecule has 0 radical (unpaired) electrons. The molecule has 1 aromatic heterocycles. The van der Waals surface area contributed by atoms with E-state index in [9.17, 15) is 18.8 Å². The van der Waals surface area contributed by atoms with Crippen LogP contribution in [0.4, 0.5) is 10.1 Å². The van der Waals surface area contributed by atoms with Crippen LogP contribution in [0.2, 0.25) is 5.02 Å². The summed E-state index contributed by atoms with van der Waals surface area (Å²) in [6.07, 6.45) is 2.39. The highest BCUT2D eigenvalue weighted by Crippen LogP contribution is 2.23. The molecule has 0 aliphatic carbocycles. The molecule has 2 heterocycles. The fraction of sp³-hybridized carbons (Fsp3) is 0.280. The van der Waals surface area contributed by atoms with E-state index in [1.54, 1.807) is 23.2 Å². The SMILES string of the molecule is O=C(NCCCC(=O)N1CCN(c2cnn(-c3ccccc3)c(=O)c2Cl)CC1)c1ccc(F)cc1. The predicted molar refractivity (Wildman–Crippen MR) is 132 cm³/mol. The Morgan fingerprint density at radius 3 is 2.37 bits per heavy atom. The number of anilines is 1. The van der Waals surface area contributed by atoms with Crippen molar-refractivity contribution >= 4 is 29.1 Å². The molecule has 3 aromatic rings. The van der Waals surface area contributed by atoms with Gasteiger partial charge in [0.1, 0.15) is 10.8 Å². The van der Waals surface area contributed by atoms with Crippen LogP contribution in [0.25, 0.3) is 5.69 Å². The number of carbonyl (C=O) groups is 2. The molecular weight excluding hydrogens is 473 g/mol. The van der Waals surface area contributed by atoms with E-state index in [0.29, 0.717) is 62.5 Å². The lowest BCUT2D eigenvalue weighted by Crippen LogP contribution is -2.49. The van der Waals surface area contributed by atoms with E-state index in [0.717, 1.165) is 0 Å². The zero-order chi connectivity index (χ0) is 24.8. The summed E-state index contributed by atoms with van der Waals surface area (Å²) in [5, 5.41) is 7.11. The molecule has 0 spiro atoms. The van der Waals surface area contributed by atoms with Gasteiger partial charge in [-0.25, -0.2) is 4.39 Å². The Balaban J connectivity index is 1.25. The zero-order valence-corrected chi connectivity index (χ0v) is 19.7. The van der Waals surface area contributed by atoms with Gasteiger partial charge >= 0.3 is 0 Å². The van der Waals surface area contributed by atoms with Gasteiger partial charge in [-0.2, -0.15) is 9.78 Å². The van der Waals surface area contributed by atoms with Crippen LogP contribution in [0.1, 0.15) is 23.2 Å². The first-order valence-corrected chi connectivity index (χ1v) is 11.7. The number of piperazine rings is 1. The second-order valence-corrected chi connectivity index (χ2v) is 8.51. The van der Waals surface area contributed by atoms with Crippen molar-refractivity contribution in [1.82, 2.24) is 20.0 Å². The number of halogens is 2. The maximum atomic E-state index is 13.0. The molecule has 2 amide bonds. The van der Waals surface area contributed by atoms with Crippen molar-refractivity contribution in [3.05, 3.63) is 87.6 Å². The van der Waals surface area contributed by atoms with Gasteiger partial charge in [0.2, 0.25) is 5.91 Å². The first kappa shape index (κ1) is 24.4. The number of rotatable bonds is 7. The lowest BCUT2D eigenvalue weighted by atomic mass is 10.2. The fourth-order valence-corrected chi connectivity index (χ4v) is 4.15. The Kier molecular flexibility index (Phi) is 7.77. The van der Waals surface area contributed by atoms with Crippen molar-refractivity contribution in [3.8, 4) is 5.69 Å². The molecule has 35 heavy (non-hydrogen) atoms. The Hall–Kier alpha value is -3.72. The second kappa shape index (κ2) is 11.1. The molecule has 1 aliphatic rings. The van der Waals surface area contributed by atoms with E-state index in [1.165, 1.54) is 28.9 Å². The third-order valence-corrected chi connectivity index (χ3v) is 6.19. The minimum absolute atomic E-state index is 0.00407. The number of aromatic nitrogens is 2. The van der Waals surface area contributed by atoms with Crippen LogP contribution in [0.15, 0.2) is 65.6 Å².